The van der Waals surface area contributed by atoms with Crippen molar-refractivity contribution in [2.24, 2.45) is 0 Å². The van der Waals surface area contributed by atoms with E-state index in [0.717, 1.165) is 44.8 Å². The first kappa shape index (κ1) is 18.0. The van der Waals surface area contributed by atoms with E-state index in [1.807, 2.05) is 48.6 Å². The van der Waals surface area contributed by atoms with Gasteiger partial charge in [0, 0.05) is 22.1 Å². The fourth-order valence-electron chi connectivity index (χ4n) is 2.94. The monoisotopic (exact) mass is 420 g/mol. The number of nitro groups is 1. The van der Waals surface area contributed by atoms with Gasteiger partial charge >= 0.3 is 32.3 Å². The number of hydrogen-bond acceptors (Lipinski definition) is 4. The Morgan fingerprint density at radius 1 is 0.679 bits per heavy atom. The molecular formula is C20H14N5O2Zn. The van der Waals surface area contributed by atoms with Crippen LogP contribution in [0.25, 0.3) is 46.4 Å². The van der Waals surface area contributed by atoms with E-state index in [-0.39, 0.29) is 22.2 Å². The van der Waals surface area contributed by atoms with E-state index >= 15 is 0 Å². The molecule has 0 radical (unpaired) electrons. The number of nitrogens with one attached hydrogen (secondary N) is 2. The summed E-state index contributed by atoms with van der Waals surface area (Å²) in [5, 5.41) is 8.86. The second kappa shape index (κ2) is 7.70. The molecule has 133 valence electrons. The zero-order valence-electron chi connectivity index (χ0n) is 14.8. The summed E-state index contributed by atoms with van der Waals surface area (Å²) < 4.78 is -0.375. The molecule has 3 aromatic rings. The fourth-order valence-corrected chi connectivity index (χ4v) is 2.94. The SMILES string of the molecule is C1=Cc2cc3ccc(cc4nc(cc5ccc(cc1n2)[nH]5)C=C4)[nH]3.O=[N+]([O-])[Zn]. The van der Waals surface area contributed by atoms with Gasteiger partial charge in [-0.15, -0.1) is 0 Å². The Balaban J connectivity index is 0.000000442. The van der Waals surface area contributed by atoms with Crippen LogP contribution in [0.5, 0.6) is 0 Å². The van der Waals surface area contributed by atoms with Crippen molar-refractivity contribution in [2.45, 2.75) is 0 Å². The molecule has 0 amide bonds. The molecule has 7 nitrogen and oxygen atoms in total. The van der Waals surface area contributed by atoms with Gasteiger partial charge in [0.15, 0.2) is 0 Å². The van der Waals surface area contributed by atoms with Crippen LogP contribution in [0, 0.1) is 10.1 Å². The summed E-state index contributed by atoms with van der Waals surface area (Å²) >= 11 is 0.153. The fraction of sp³-hybridized carbons (Fsp3) is 0. The molecule has 0 saturated heterocycles. The average Bonchev–Trinajstić information content (AvgIpc) is 3.39. The molecule has 8 heteroatoms. The maximum atomic E-state index is 8.86. The molecule has 2 N–H and O–H groups in total. The van der Waals surface area contributed by atoms with Gasteiger partial charge in [-0.1, -0.05) is 0 Å². The number of aromatic amines is 2. The summed E-state index contributed by atoms with van der Waals surface area (Å²) in [7, 11) is 0. The number of nitrogens with zero attached hydrogens (tertiary/aromatic N) is 3. The van der Waals surface area contributed by atoms with Crippen molar-refractivity contribution in [1.29, 1.82) is 0 Å². The Kier molecular flexibility index (Phi) is 4.95. The summed E-state index contributed by atoms with van der Waals surface area (Å²) in [4.78, 5) is 24.9. The first-order valence-corrected chi connectivity index (χ1v) is 9.85. The van der Waals surface area contributed by atoms with Gasteiger partial charge in [0.1, 0.15) is 0 Å². The third-order valence-corrected chi connectivity index (χ3v) is 4.04. The van der Waals surface area contributed by atoms with Gasteiger partial charge in [-0.2, -0.15) is 0 Å². The quantitative estimate of drug-likeness (QED) is 0.220. The Labute approximate surface area is 170 Å². The number of fused-ring (bicyclic) bond motifs is 8. The number of rotatable bonds is 0. The molecule has 5 rings (SSSR count). The number of hydrogen-bond donors (Lipinski definition) is 2. The van der Waals surface area contributed by atoms with Crippen LogP contribution in [0.3, 0.4) is 0 Å². The third kappa shape index (κ3) is 4.47. The predicted octanol–water partition coefficient (Wildman–Crippen LogP) is 4.38. The van der Waals surface area contributed by atoms with Crippen LogP contribution in [-0.2, 0) is 18.5 Å². The Morgan fingerprint density at radius 3 is 1.18 bits per heavy atom. The Morgan fingerprint density at radius 2 is 0.929 bits per heavy atom. The summed E-state index contributed by atoms with van der Waals surface area (Å²) in [6.45, 7) is 0. The topological polar surface area (TPSA) is 101 Å². The van der Waals surface area contributed by atoms with Crippen LogP contribution in [0.15, 0.2) is 48.5 Å². The molecule has 0 aromatic carbocycles. The van der Waals surface area contributed by atoms with Gasteiger partial charge in [0.25, 0.3) is 0 Å². The van der Waals surface area contributed by atoms with Gasteiger partial charge in [-0.05, 0) is 72.8 Å². The van der Waals surface area contributed by atoms with Crippen molar-refractivity contribution < 1.29 is 22.2 Å². The van der Waals surface area contributed by atoms with Crippen LogP contribution in [-0.4, -0.2) is 23.6 Å². The maximum absolute atomic E-state index is 8.86. The van der Waals surface area contributed by atoms with Gasteiger partial charge < -0.3 is 9.97 Å². The van der Waals surface area contributed by atoms with Crippen molar-refractivity contribution in [3.8, 4) is 0 Å². The molecule has 0 saturated carbocycles. The molecule has 0 unspecified atom stereocenters. The van der Waals surface area contributed by atoms with Crippen LogP contribution in [0.1, 0.15) is 22.8 Å². The van der Waals surface area contributed by atoms with E-state index in [0.29, 0.717) is 0 Å². The normalized spacial score (nSPS) is 11.8. The van der Waals surface area contributed by atoms with Crippen molar-refractivity contribution >= 4 is 46.4 Å². The summed E-state index contributed by atoms with van der Waals surface area (Å²) in [6, 6.07) is 16.4. The first-order valence-electron chi connectivity index (χ1n) is 8.53. The van der Waals surface area contributed by atoms with Crippen molar-refractivity contribution in [3.05, 3.63) is 81.4 Å². The molecule has 0 aliphatic carbocycles. The zero-order chi connectivity index (χ0) is 19.5. The van der Waals surface area contributed by atoms with Crippen molar-refractivity contribution in [2.75, 3.05) is 0 Å². The average molecular weight is 422 g/mol. The van der Waals surface area contributed by atoms with Crippen LogP contribution < -0.4 is 0 Å². The van der Waals surface area contributed by atoms with Crippen molar-refractivity contribution in [1.82, 2.24) is 19.9 Å². The third-order valence-electron chi connectivity index (χ3n) is 4.04. The first-order chi connectivity index (χ1) is 13.5. The van der Waals surface area contributed by atoms with E-state index in [9.17, 15) is 0 Å². The Hall–Kier alpha value is -3.38. The van der Waals surface area contributed by atoms with Crippen molar-refractivity contribution in [3.63, 3.8) is 0 Å². The molecule has 2 aliphatic rings. The van der Waals surface area contributed by atoms with E-state index in [1.165, 1.54) is 0 Å². The van der Waals surface area contributed by atoms with Crippen LogP contribution >= 0.6 is 0 Å². The Bertz CT molecular complexity index is 1090. The molecule has 2 aliphatic heterocycles. The molecule has 8 bridgehead atoms. The number of H-pyrrole nitrogens is 2. The molecule has 3 aromatic heterocycles. The van der Waals surface area contributed by atoms with Gasteiger partial charge in [0.2, 0.25) is 0 Å². The van der Waals surface area contributed by atoms with Gasteiger partial charge in [-0.25, -0.2) is 9.97 Å². The van der Waals surface area contributed by atoms with E-state index in [1.54, 1.807) is 0 Å². The van der Waals surface area contributed by atoms with Crippen LogP contribution in [0.2, 0.25) is 0 Å². The standard InChI is InChI=1S/C20H14N4.NO2.Zn/c1-2-14-10-16-5-6-18(23-16)12-20-8-7-19(24-20)11-17-4-3-15(22-17)9-13(1)21-14;2-1-3;/h1-12,21,24H;;. The minimum atomic E-state index is -0.375. The summed E-state index contributed by atoms with van der Waals surface area (Å²) in [6.07, 6.45) is 8.09. The van der Waals surface area contributed by atoms with E-state index < -0.39 is 0 Å². The molecular weight excluding hydrogens is 408 g/mol. The summed E-state index contributed by atoms with van der Waals surface area (Å²) in [5.41, 5.74) is 7.86. The zero-order valence-corrected chi connectivity index (χ0v) is 17.8. The molecule has 0 fully saturated rings. The molecule has 5 heterocycles. The predicted molar refractivity (Wildman–Crippen MR) is 106 cm³/mol. The van der Waals surface area contributed by atoms with E-state index in [2.05, 4.69) is 44.2 Å². The van der Waals surface area contributed by atoms with E-state index in [4.69, 9.17) is 10.1 Å². The van der Waals surface area contributed by atoms with Crippen LogP contribution in [0.4, 0.5) is 0 Å². The molecule has 28 heavy (non-hydrogen) atoms. The van der Waals surface area contributed by atoms with Gasteiger partial charge in [-0.3, -0.25) is 0 Å². The molecule has 0 atom stereocenters. The second-order valence-electron chi connectivity index (χ2n) is 6.24. The van der Waals surface area contributed by atoms with Gasteiger partial charge in [0.05, 0.1) is 22.8 Å². The second-order valence-corrected chi connectivity index (χ2v) is 7.32. The summed E-state index contributed by atoms with van der Waals surface area (Å²) in [5.74, 6) is 0. The number of aromatic nitrogens is 4. The molecule has 0 spiro atoms. The minimum absolute atomic E-state index is 0.153.